The van der Waals surface area contributed by atoms with Crippen LogP contribution in [0.3, 0.4) is 0 Å². The second-order valence-electron chi connectivity index (χ2n) is 1.88. The van der Waals surface area contributed by atoms with Crippen LogP contribution in [0.2, 0.25) is 0 Å². The van der Waals surface area contributed by atoms with Gasteiger partial charge in [0.2, 0.25) is 0 Å². The van der Waals surface area contributed by atoms with Gasteiger partial charge >= 0.3 is 5.97 Å². The van der Waals surface area contributed by atoms with Crippen molar-refractivity contribution in [2.75, 3.05) is 0 Å². The Morgan fingerprint density at radius 1 is 1.64 bits per heavy atom. The lowest BCUT2D eigenvalue weighted by molar-refractivity contribution is -0.132. The molecule has 11 heavy (non-hydrogen) atoms. The minimum Gasteiger partial charge on any atom is -0.478 e. The van der Waals surface area contributed by atoms with Gasteiger partial charge in [0.1, 0.15) is 0 Å². The highest BCUT2D eigenvalue weighted by molar-refractivity contribution is 5.91. The average molecular weight is 153 g/mol. The SMILES string of the molecule is C=C/C(N)=C(\C=C/C)C(=O)O. The standard InChI is InChI=1S/C8H11NO2/c1-3-5-6(8(10)11)7(9)4-2/h3-5H,2,9H2,1H3,(H,10,11)/b5-3-,7-6-. The molecule has 3 nitrogen and oxygen atoms in total. The van der Waals surface area contributed by atoms with Crippen LogP contribution >= 0.6 is 0 Å². The van der Waals surface area contributed by atoms with Gasteiger partial charge in [0.05, 0.1) is 5.57 Å². The maximum absolute atomic E-state index is 10.5. The molecule has 0 aromatic rings. The molecule has 0 saturated heterocycles. The van der Waals surface area contributed by atoms with Crippen molar-refractivity contribution in [3.05, 3.63) is 36.1 Å². The Balaban J connectivity index is 4.87. The van der Waals surface area contributed by atoms with Crippen molar-refractivity contribution in [3.63, 3.8) is 0 Å². The molecule has 0 saturated carbocycles. The van der Waals surface area contributed by atoms with Crippen LogP contribution in [-0.4, -0.2) is 11.1 Å². The zero-order chi connectivity index (χ0) is 8.85. The number of carboxylic acid groups (broad SMARTS) is 1. The summed E-state index contributed by atoms with van der Waals surface area (Å²) < 4.78 is 0. The number of nitrogens with two attached hydrogens (primary N) is 1. The van der Waals surface area contributed by atoms with Crippen molar-refractivity contribution in [1.82, 2.24) is 0 Å². The normalized spacial score (nSPS) is 12.8. The fraction of sp³-hybridized carbons (Fsp3) is 0.125. The summed E-state index contributed by atoms with van der Waals surface area (Å²) in [5.74, 6) is -1.04. The van der Waals surface area contributed by atoms with Crippen LogP contribution in [0.1, 0.15) is 6.92 Å². The van der Waals surface area contributed by atoms with Crippen LogP contribution in [0, 0.1) is 0 Å². The fourth-order valence-electron chi connectivity index (χ4n) is 0.568. The molecule has 0 unspecified atom stereocenters. The maximum atomic E-state index is 10.5. The molecule has 0 spiro atoms. The minimum absolute atomic E-state index is 0.0718. The predicted molar refractivity (Wildman–Crippen MR) is 43.9 cm³/mol. The quantitative estimate of drug-likeness (QED) is 0.470. The van der Waals surface area contributed by atoms with E-state index in [1.54, 1.807) is 13.0 Å². The van der Waals surface area contributed by atoms with Crippen molar-refractivity contribution in [3.8, 4) is 0 Å². The largest absolute Gasteiger partial charge is 0.478 e. The molecule has 0 bridgehead atoms. The molecule has 3 N–H and O–H groups in total. The number of carboxylic acids is 1. The molecule has 3 heteroatoms. The summed E-state index contributed by atoms with van der Waals surface area (Å²) in [6, 6.07) is 0. The molecule has 0 aromatic carbocycles. The molecule has 0 aliphatic heterocycles. The van der Waals surface area contributed by atoms with Crippen LogP contribution in [0.4, 0.5) is 0 Å². The predicted octanol–water partition coefficient (Wildman–Crippen LogP) is 1.05. The van der Waals surface area contributed by atoms with E-state index in [4.69, 9.17) is 10.8 Å². The van der Waals surface area contributed by atoms with Gasteiger partial charge in [0.15, 0.2) is 0 Å². The van der Waals surface area contributed by atoms with E-state index in [2.05, 4.69) is 6.58 Å². The molecule has 60 valence electrons. The lowest BCUT2D eigenvalue weighted by Gasteiger charge is -1.96. The number of aliphatic carboxylic acids is 1. The van der Waals surface area contributed by atoms with E-state index < -0.39 is 5.97 Å². The van der Waals surface area contributed by atoms with Crippen molar-refractivity contribution in [1.29, 1.82) is 0 Å². The summed E-state index contributed by atoms with van der Waals surface area (Å²) in [7, 11) is 0. The van der Waals surface area contributed by atoms with E-state index in [-0.39, 0.29) is 11.3 Å². The highest BCUT2D eigenvalue weighted by Gasteiger charge is 2.04. The molecule has 0 rings (SSSR count). The molecule has 0 amide bonds. The fourth-order valence-corrected chi connectivity index (χ4v) is 0.568. The van der Waals surface area contributed by atoms with Crippen LogP contribution in [-0.2, 0) is 4.79 Å². The summed E-state index contributed by atoms with van der Waals surface area (Å²) in [5.41, 5.74) is 5.58. The Morgan fingerprint density at radius 3 is 2.45 bits per heavy atom. The average Bonchev–Trinajstić information content (AvgIpc) is 1.98. The van der Waals surface area contributed by atoms with Gasteiger partial charge in [-0.2, -0.15) is 0 Å². The first-order chi connectivity index (χ1) is 5.13. The number of allylic oxidation sites excluding steroid dienone is 2. The number of hydrogen-bond donors (Lipinski definition) is 2. The monoisotopic (exact) mass is 153 g/mol. The Labute approximate surface area is 65.5 Å². The number of hydrogen-bond acceptors (Lipinski definition) is 2. The smallest absolute Gasteiger partial charge is 0.337 e. The zero-order valence-electron chi connectivity index (χ0n) is 6.37. The molecule has 0 aromatic heterocycles. The van der Waals surface area contributed by atoms with Gasteiger partial charge in [-0.15, -0.1) is 0 Å². The molecular weight excluding hydrogens is 142 g/mol. The Bertz CT molecular complexity index is 226. The van der Waals surface area contributed by atoms with Gasteiger partial charge in [-0.1, -0.05) is 12.7 Å². The summed E-state index contributed by atoms with van der Waals surface area (Å²) in [6.07, 6.45) is 4.35. The molecule has 0 aliphatic rings. The van der Waals surface area contributed by atoms with Gasteiger partial charge in [-0.25, -0.2) is 4.79 Å². The van der Waals surface area contributed by atoms with Gasteiger partial charge in [0, 0.05) is 5.70 Å². The Hall–Kier alpha value is -1.51. The molecule has 0 aliphatic carbocycles. The third-order valence-corrected chi connectivity index (χ3v) is 1.09. The molecule has 0 atom stereocenters. The first-order valence-corrected chi connectivity index (χ1v) is 3.11. The summed E-state index contributed by atoms with van der Waals surface area (Å²) in [6.45, 7) is 5.09. The Kier molecular flexibility index (Phi) is 3.73. The molecule has 0 radical (unpaired) electrons. The minimum atomic E-state index is -1.04. The first kappa shape index (κ1) is 9.49. The maximum Gasteiger partial charge on any atom is 0.337 e. The van der Waals surface area contributed by atoms with E-state index in [1.807, 2.05) is 0 Å². The van der Waals surface area contributed by atoms with E-state index in [0.29, 0.717) is 0 Å². The zero-order valence-corrected chi connectivity index (χ0v) is 6.37. The summed E-state index contributed by atoms with van der Waals surface area (Å²) >= 11 is 0. The van der Waals surface area contributed by atoms with E-state index in [9.17, 15) is 4.79 Å². The van der Waals surface area contributed by atoms with Crippen LogP contribution < -0.4 is 5.73 Å². The number of rotatable bonds is 3. The van der Waals surface area contributed by atoms with Gasteiger partial charge in [-0.3, -0.25) is 0 Å². The molecular formula is C8H11NO2. The third-order valence-electron chi connectivity index (χ3n) is 1.09. The van der Waals surface area contributed by atoms with Crippen molar-refractivity contribution >= 4 is 5.97 Å². The van der Waals surface area contributed by atoms with Gasteiger partial charge < -0.3 is 10.8 Å². The molecule has 0 heterocycles. The summed E-state index contributed by atoms with van der Waals surface area (Å²) in [5, 5.41) is 8.57. The lowest BCUT2D eigenvalue weighted by atomic mass is 10.2. The van der Waals surface area contributed by atoms with Crippen LogP contribution in [0.15, 0.2) is 36.1 Å². The second-order valence-corrected chi connectivity index (χ2v) is 1.88. The second kappa shape index (κ2) is 4.33. The van der Waals surface area contributed by atoms with Crippen molar-refractivity contribution in [2.24, 2.45) is 5.73 Å². The van der Waals surface area contributed by atoms with Gasteiger partial charge in [-0.05, 0) is 19.1 Å². The van der Waals surface area contributed by atoms with Crippen molar-refractivity contribution < 1.29 is 9.90 Å². The summed E-state index contributed by atoms with van der Waals surface area (Å²) in [4.78, 5) is 10.5. The highest BCUT2D eigenvalue weighted by atomic mass is 16.4. The van der Waals surface area contributed by atoms with E-state index >= 15 is 0 Å². The van der Waals surface area contributed by atoms with E-state index in [0.717, 1.165) is 0 Å². The van der Waals surface area contributed by atoms with E-state index in [1.165, 1.54) is 12.2 Å². The van der Waals surface area contributed by atoms with Crippen LogP contribution in [0.25, 0.3) is 0 Å². The first-order valence-electron chi connectivity index (χ1n) is 3.11. The topological polar surface area (TPSA) is 63.3 Å². The van der Waals surface area contributed by atoms with Gasteiger partial charge in [0.25, 0.3) is 0 Å². The van der Waals surface area contributed by atoms with Crippen molar-refractivity contribution in [2.45, 2.75) is 6.92 Å². The highest BCUT2D eigenvalue weighted by Crippen LogP contribution is 2.01. The molecule has 0 fully saturated rings. The number of carbonyl (C=O) groups is 1. The van der Waals surface area contributed by atoms with Crippen LogP contribution in [0.5, 0.6) is 0 Å². The lowest BCUT2D eigenvalue weighted by Crippen LogP contribution is -2.06. The third kappa shape index (κ3) is 2.71. The Morgan fingerprint density at radius 2 is 2.18 bits per heavy atom.